The number of benzene rings is 2. The van der Waals surface area contributed by atoms with Crippen molar-refractivity contribution >= 4 is 28.7 Å². The van der Waals surface area contributed by atoms with Crippen molar-refractivity contribution < 1.29 is 9.47 Å². The van der Waals surface area contributed by atoms with Crippen molar-refractivity contribution in [3.05, 3.63) is 64.6 Å². The summed E-state index contributed by atoms with van der Waals surface area (Å²) < 4.78 is 13.9. The smallest absolute Gasteiger partial charge is 0.295 e. The third kappa shape index (κ3) is 3.72. The number of para-hydroxylation sites is 1. The zero-order chi connectivity index (χ0) is 20.3. The Kier molecular flexibility index (Phi) is 5.70. The van der Waals surface area contributed by atoms with Gasteiger partial charge in [0.2, 0.25) is 0 Å². The van der Waals surface area contributed by atoms with E-state index in [1.54, 1.807) is 35.7 Å². The van der Waals surface area contributed by atoms with E-state index in [2.05, 4.69) is 10.6 Å². The summed E-state index contributed by atoms with van der Waals surface area (Å²) >= 11 is 5.40. The second-order valence-corrected chi connectivity index (χ2v) is 6.49. The minimum Gasteiger partial charge on any atom is -0.493 e. The number of rotatable bonds is 5. The Morgan fingerprint density at radius 3 is 2.32 bits per heavy atom. The van der Waals surface area contributed by atoms with Crippen LogP contribution >= 0.6 is 12.2 Å². The lowest BCUT2D eigenvalue weighted by Crippen LogP contribution is -2.25. The van der Waals surface area contributed by atoms with E-state index >= 15 is 0 Å². The van der Waals surface area contributed by atoms with Crippen LogP contribution in [0.3, 0.4) is 0 Å². The first-order valence-corrected chi connectivity index (χ1v) is 9.01. The highest BCUT2D eigenvalue weighted by Gasteiger charge is 2.17. The van der Waals surface area contributed by atoms with E-state index in [4.69, 9.17) is 21.7 Å². The highest BCUT2D eigenvalue weighted by molar-refractivity contribution is 7.80. The first-order chi connectivity index (χ1) is 13.5. The van der Waals surface area contributed by atoms with Gasteiger partial charge in [0.25, 0.3) is 5.56 Å². The number of hydrogen-bond donors (Lipinski definition) is 2. The van der Waals surface area contributed by atoms with Crippen molar-refractivity contribution in [1.82, 2.24) is 9.36 Å². The molecule has 0 saturated heterocycles. The van der Waals surface area contributed by atoms with Gasteiger partial charge >= 0.3 is 0 Å². The lowest BCUT2D eigenvalue weighted by Gasteiger charge is -2.12. The Morgan fingerprint density at radius 1 is 1.00 bits per heavy atom. The summed E-state index contributed by atoms with van der Waals surface area (Å²) in [4.78, 5) is 12.9. The SMILES string of the molecule is COc1ccc(NC(=S)Nc2c(C)n(C)n(-c3ccccc3)c2=O)cc1OC. The maximum atomic E-state index is 12.9. The summed E-state index contributed by atoms with van der Waals surface area (Å²) in [6.07, 6.45) is 0. The van der Waals surface area contributed by atoms with Gasteiger partial charge in [-0.3, -0.25) is 9.48 Å². The molecule has 0 atom stereocenters. The van der Waals surface area contributed by atoms with Crippen LogP contribution in [0.1, 0.15) is 5.69 Å². The molecule has 0 radical (unpaired) electrons. The molecule has 2 aromatic carbocycles. The number of methoxy groups -OCH3 is 2. The Hall–Kier alpha value is -3.26. The summed E-state index contributed by atoms with van der Waals surface area (Å²) in [7, 11) is 4.98. The Balaban J connectivity index is 1.85. The lowest BCUT2D eigenvalue weighted by molar-refractivity contribution is 0.355. The summed E-state index contributed by atoms with van der Waals surface area (Å²) in [5.41, 5.74) is 2.51. The Bertz CT molecular complexity index is 1060. The van der Waals surface area contributed by atoms with Crippen LogP contribution in [0.5, 0.6) is 11.5 Å². The van der Waals surface area contributed by atoms with E-state index in [1.807, 2.05) is 50.4 Å². The molecular weight excluding hydrogens is 376 g/mol. The molecule has 0 saturated carbocycles. The zero-order valence-electron chi connectivity index (χ0n) is 16.1. The Labute approximate surface area is 168 Å². The third-order valence-electron chi connectivity index (χ3n) is 4.43. The normalized spacial score (nSPS) is 10.4. The van der Waals surface area contributed by atoms with Gasteiger partial charge in [0, 0.05) is 18.8 Å². The maximum absolute atomic E-state index is 12.9. The van der Waals surface area contributed by atoms with Gasteiger partial charge in [-0.25, -0.2) is 4.68 Å². The first-order valence-electron chi connectivity index (χ1n) is 8.60. The molecule has 0 bridgehead atoms. The van der Waals surface area contributed by atoms with Gasteiger partial charge in [-0.2, -0.15) is 0 Å². The number of nitrogens with zero attached hydrogens (tertiary/aromatic N) is 2. The molecule has 1 heterocycles. The molecule has 146 valence electrons. The quantitative estimate of drug-likeness (QED) is 0.643. The van der Waals surface area contributed by atoms with E-state index in [0.29, 0.717) is 28.0 Å². The number of aromatic nitrogens is 2. The van der Waals surface area contributed by atoms with E-state index < -0.39 is 0 Å². The molecule has 0 aliphatic rings. The van der Waals surface area contributed by atoms with Crippen LogP contribution in [0.15, 0.2) is 53.3 Å². The van der Waals surface area contributed by atoms with E-state index in [9.17, 15) is 4.79 Å². The van der Waals surface area contributed by atoms with Gasteiger partial charge in [-0.15, -0.1) is 0 Å². The van der Waals surface area contributed by atoms with Gasteiger partial charge in [-0.1, -0.05) is 18.2 Å². The van der Waals surface area contributed by atoms with Crippen LogP contribution in [0.2, 0.25) is 0 Å². The predicted octanol–water partition coefficient (Wildman–Crippen LogP) is 3.31. The van der Waals surface area contributed by atoms with Gasteiger partial charge in [0.15, 0.2) is 16.6 Å². The topological polar surface area (TPSA) is 69.5 Å². The average molecular weight is 398 g/mol. The number of hydrogen-bond acceptors (Lipinski definition) is 4. The fourth-order valence-corrected chi connectivity index (χ4v) is 3.12. The molecule has 0 amide bonds. The van der Waals surface area contributed by atoms with E-state index in [1.165, 1.54) is 0 Å². The lowest BCUT2D eigenvalue weighted by atomic mass is 10.3. The number of nitrogens with one attached hydrogen (secondary N) is 2. The number of anilines is 2. The predicted molar refractivity (Wildman–Crippen MR) is 115 cm³/mol. The van der Waals surface area contributed by atoms with E-state index in [-0.39, 0.29) is 5.56 Å². The molecule has 28 heavy (non-hydrogen) atoms. The fourth-order valence-electron chi connectivity index (χ4n) is 2.90. The van der Waals surface area contributed by atoms with Gasteiger partial charge in [0.1, 0.15) is 5.69 Å². The molecule has 3 aromatic rings. The summed E-state index contributed by atoms with van der Waals surface area (Å²) in [5, 5.41) is 6.39. The van der Waals surface area contributed by atoms with Gasteiger partial charge in [0.05, 0.1) is 25.6 Å². The van der Waals surface area contributed by atoms with E-state index in [0.717, 1.165) is 11.4 Å². The van der Waals surface area contributed by atoms with Crippen molar-refractivity contribution in [2.24, 2.45) is 7.05 Å². The summed E-state index contributed by atoms with van der Waals surface area (Å²) in [6, 6.07) is 14.8. The molecule has 0 aliphatic heterocycles. The monoisotopic (exact) mass is 398 g/mol. The molecule has 3 rings (SSSR count). The van der Waals surface area contributed by atoms with Crippen LogP contribution in [-0.2, 0) is 7.05 Å². The summed E-state index contributed by atoms with van der Waals surface area (Å²) in [6.45, 7) is 1.86. The minimum atomic E-state index is -0.178. The van der Waals surface area contributed by atoms with Crippen molar-refractivity contribution in [3.63, 3.8) is 0 Å². The molecule has 0 unspecified atom stereocenters. The Morgan fingerprint density at radius 2 is 1.68 bits per heavy atom. The van der Waals surface area contributed by atoms with Crippen LogP contribution in [-0.4, -0.2) is 28.7 Å². The summed E-state index contributed by atoms with van der Waals surface area (Å²) in [5.74, 6) is 1.20. The number of thiocarbonyl (C=S) groups is 1. The molecule has 0 aliphatic carbocycles. The fraction of sp³-hybridized carbons (Fsp3) is 0.200. The molecule has 1 aromatic heterocycles. The highest BCUT2D eigenvalue weighted by Crippen LogP contribution is 2.29. The molecular formula is C20H22N4O3S. The van der Waals surface area contributed by atoms with Crippen LogP contribution < -0.4 is 25.7 Å². The third-order valence-corrected chi connectivity index (χ3v) is 4.64. The first kappa shape index (κ1) is 19.5. The maximum Gasteiger partial charge on any atom is 0.295 e. The van der Waals surface area contributed by atoms with Crippen molar-refractivity contribution in [1.29, 1.82) is 0 Å². The highest BCUT2D eigenvalue weighted by atomic mass is 32.1. The molecule has 8 heteroatoms. The minimum absolute atomic E-state index is 0.178. The molecule has 0 fully saturated rings. The molecule has 7 nitrogen and oxygen atoms in total. The second kappa shape index (κ2) is 8.18. The average Bonchev–Trinajstić information content (AvgIpc) is 2.91. The van der Waals surface area contributed by atoms with Crippen molar-refractivity contribution in [3.8, 4) is 17.2 Å². The molecule has 2 N–H and O–H groups in total. The zero-order valence-corrected chi connectivity index (χ0v) is 17.0. The van der Waals surface area contributed by atoms with Gasteiger partial charge < -0.3 is 20.1 Å². The molecule has 0 spiro atoms. The van der Waals surface area contributed by atoms with Crippen LogP contribution in [0.25, 0.3) is 5.69 Å². The van der Waals surface area contributed by atoms with Crippen molar-refractivity contribution in [2.75, 3.05) is 24.9 Å². The second-order valence-electron chi connectivity index (χ2n) is 6.09. The number of ether oxygens (including phenoxy) is 2. The van der Waals surface area contributed by atoms with Crippen LogP contribution in [0, 0.1) is 6.92 Å². The largest absolute Gasteiger partial charge is 0.493 e. The van der Waals surface area contributed by atoms with Crippen molar-refractivity contribution in [2.45, 2.75) is 6.92 Å². The standard InChI is InChI=1S/C20H22N4O3S/c1-13-18(19(25)24(23(13)2)15-8-6-5-7-9-15)22-20(28)21-14-10-11-16(26-3)17(12-14)27-4/h5-12H,1-4H3,(H2,21,22,28). The van der Waals surface area contributed by atoms with Gasteiger partial charge in [-0.05, 0) is 43.4 Å². The van der Waals surface area contributed by atoms with Crippen LogP contribution in [0.4, 0.5) is 11.4 Å².